The fraction of sp³-hybridized carbons (Fsp3) is 0.294. The lowest BCUT2D eigenvalue weighted by molar-refractivity contribution is 0.120. The van der Waals surface area contributed by atoms with Crippen LogP contribution in [-0.4, -0.2) is 45.8 Å². The molecule has 1 fully saturated rings. The van der Waals surface area contributed by atoms with Crippen LogP contribution >= 0.6 is 0 Å². The van der Waals surface area contributed by atoms with Gasteiger partial charge in [0.25, 0.3) is 0 Å². The van der Waals surface area contributed by atoms with E-state index in [1.165, 1.54) is 12.1 Å². The Morgan fingerprint density at radius 2 is 2.21 bits per heavy atom. The van der Waals surface area contributed by atoms with Gasteiger partial charge >= 0.3 is 6.03 Å². The third-order valence-electron chi connectivity index (χ3n) is 4.29. The number of H-pyrrole nitrogens is 1. The van der Waals surface area contributed by atoms with E-state index in [1.807, 2.05) is 17.1 Å². The lowest BCUT2D eigenvalue weighted by atomic mass is 10.1. The van der Waals surface area contributed by atoms with E-state index >= 15 is 0 Å². The van der Waals surface area contributed by atoms with Gasteiger partial charge < -0.3 is 15.2 Å². The molecular formula is C17H20FN5O. The summed E-state index contributed by atoms with van der Waals surface area (Å²) in [5, 5.41) is 7.99. The third-order valence-corrected chi connectivity index (χ3v) is 4.29. The van der Waals surface area contributed by atoms with Crippen LogP contribution in [0.1, 0.15) is 13.5 Å². The number of urea groups is 1. The Morgan fingerprint density at radius 1 is 1.42 bits per heavy atom. The molecule has 7 heteroatoms. The fourth-order valence-corrected chi connectivity index (χ4v) is 2.96. The van der Waals surface area contributed by atoms with Crippen LogP contribution in [0, 0.1) is 5.82 Å². The van der Waals surface area contributed by atoms with Gasteiger partial charge in [-0.15, -0.1) is 0 Å². The first-order valence-electron chi connectivity index (χ1n) is 7.43. The molecule has 0 aliphatic carbocycles. The number of carbonyl (C=O) groups excluding carboxylic acids is 1. The summed E-state index contributed by atoms with van der Waals surface area (Å²) in [6.45, 7) is 1.31. The second-order valence-electron chi connectivity index (χ2n) is 5.72. The van der Waals surface area contributed by atoms with E-state index in [0.717, 1.165) is 22.0 Å². The molecule has 0 saturated carbocycles. The van der Waals surface area contributed by atoms with Crippen molar-refractivity contribution in [2.75, 3.05) is 20.1 Å². The number of nitrogens with one attached hydrogen (secondary N) is 2. The lowest BCUT2D eigenvalue weighted by Gasteiger charge is -2.38. The topological polar surface area (TPSA) is 66.0 Å². The summed E-state index contributed by atoms with van der Waals surface area (Å²) in [5.74, 6) is -0.259. The molecule has 0 atom stereocenters. The van der Waals surface area contributed by atoms with Crippen molar-refractivity contribution in [1.82, 2.24) is 25.0 Å². The maximum absolute atomic E-state index is 13.3. The number of aromatic amines is 1. The first-order valence-corrected chi connectivity index (χ1v) is 7.43. The fourth-order valence-electron chi connectivity index (χ4n) is 2.96. The standard InChI is InChI=1S/C16H16FN5O.CH4/c1-18-16(23)21-8-12(9-21)22-7-10(5-20-22)14-6-19-15-4-11(17)2-3-13(14)15;/h2-7,12,19H,8-9H2,1H3,(H,18,23);1H4. The van der Waals surface area contributed by atoms with Gasteiger partial charge in [0.05, 0.1) is 12.2 Å². The molecule has 2 amide bonds. The van der Waals surface area contributed by atoms with E-state index in [9.17, 15) is 9.18 Å². The van der Waals surface area contributed by atoms with Gasteiger partial charge in [0.1, 0.15) is 5.82 Å². The van der Waals surface area contributed by atoms with Crippen LogP contribution in [0.5, 0.6) is 0 Å². The van der Waals surface area contributed by atoms with Crippen LogP contribution < -0.4 is 5.32 Å². The third kappa shape index (κ3) is 2.51. The zero-order valence-electron chi connectivity index (χ0n) is 12.6. The number of fused-ring (bicyclic) bond motifs is 1. The number of benzene rings is 1. The number of rotatable bonds is 2. The molecule has 0 bridgehead atoms. The molecule has 0 radical (unpaired) electrons. The Kier molecular flexibility index (Phi) is 4.01. The quantitative estimate of drug-likeness (QED) is 0.759. The van der Waals surface area contributed by atoms with Crippen LogP contribution in [0.15, 0.2) is 36.8 Å². The molecule has 2 N–H and O–H groups in total. The van der Waals surface area contributed by atoms with Crippen LogP contribution in [0.2, 0.25) is 0 Å². The zero-order chi connectivity index (χ0) is 16.0. The number of likely N-dealkylation sites (tertiary alicyclic amines) is 1. The van der Waals surface area contributed by atoms with E-state index in [4.69, 9.17) is 0 Å². The molecule has 6 nitrogen and oxygen atoms in total. The Bertz CT molecular complexity index is 878. The van der Waals surface area contributed by atoms with Crippen molar-refractivity contribution < 1.29 is 9.18 Å². The summed E-state index contributed by atoms with van der Waals surface area (Å²) in [6.07, 6.45) is 5.63. The van der Waals surface area contributed by atoms with Crippen molar-refractivity contribution in [3.8, 4) is 11.1 Å². The van der Waals surface area contributed by atoms with E-state index in [-0.39, 0.29) is 25.3 Å². The molecule has 3 aromatic rings. The Balaban J connectivity index is 0.00000169. The molecule has 1 aliphatic heterocycles. The van der Waals surface area contributed by atoms with E-state index in [2.05, 4.69) is 15.4 Å². The predicted octanol–water partition coefficient (Wildman–Crippen LogP) is 3.00. The molecule has 1 saturated heterocycles. The first kappa shape index (κ1) is 16.0. The highest BCUT2D eigenvalue weighted by Gasteiger charge is 2.32. The summed E-state index contributed by atoms with van der Waals surface area (Å²) in [6, 6.07) is 4.84. The van der Waals surface area contributed by atoms with Gasteiger partial charge in [-0.25, -0.2) is 9.18 Å². The zero-order valence-corrected chi connectivity index (χ0v) is 12.6. The SMILES string of the molecule is C.CNC(=O)N1CC(n2cc(-c3c[nH]c4cc(F)ccc34)cn2)C1. The smallest absolute Gasteiger partial charge is 0.317 e. The van der Waals surface area contributed by atoms with Gasteiger partial charge in [-0.05, 0) is 18.2 Å². The number of aromatic nitrogens is 3. The van der Waals surface area contributed by atoms with Crippen molar-refractivity contribution in [2.24, 2.45) is 0 Å². The Hall–Kier alpha value is -2.83. The molecular weight excluding hydrogens is 309 g/mol. The van der Waals surface area contributed by atoms with Crippen LogP contribution in [0.4, 0.5) is 9.18 Å². The first-order chi connectivity index (χ1) is 11.2. The van der Waals surface area contributed by atoms with Crippen molar-refractivity contribution >= 4 is 16.9 Å². The summed E-state index contributed by atoms with van der Waals surface area (Å²) in [5.41, 5.74) is 2.73. The maximum atomic E-state index is 13.3. The molecule has 0 spiro atoms. The van der Waals surface area contributed by atoms with Gasteiger partial charge in [0.2, 0.25) is 0 Å². The Morgan fingerprint density at radius 3 is 2.96 bits per heavy atom. The molecule has 1 aromatic carbocycles. The minimum atomic E-state index is -0.259. The largest absolute Gasteiger partial charge is 0.360 e. The second-order valence-corrected chi connectivity index (χ2v) is 5.72. The van der Waals surface area contributed by atoms with Gasteiger partial charge in [0, 0.05) is 54.6 Å². The van der Waals surface area contributed by atoms with Gasteiger partial charge in [0.15, 0.2) is 0 Å². The number of hydrogen-bond donors (Lipinski definition) is 2. The lowest BCUT2D eigenvalue weighted by Crippen LogP contribution is -2.53. The molecule has 4 rings (SSSR count). The molecule has 3 heterocycles. The number of halogens is 1. The van der Waals surface area contributed by atoms with Gasteiger partial charge in [-0.1, -0.05) is 7.43 Å². The molecule has 2 aromatic heterocycles. The second kappa shape index (κ2) is 5.99. The predicted molar refractivity (Wildman–Crippen MR) is 91.3 cm³/mol. The molecule has 126 valence electrons. The summed E-state index contributed by atoms with van der Waals surface area (Å²) in [4.78, 5) is 16.3. The van der Waals surface area contributed by atoms with E-state index < -0.39 is 0 Å². The van der Waals surface area contributed by atoms with Crippen molar-refractivity contribution in [1.29, 1.82) is 0 Å². The average Bonchev–Trinajstić information content (AvgIpc) is 3.11. The minimum absolute atomic E-state index is 0. The monoisotopic (exact) mass is 329 g/mol. The molecule has 0 unspecified atom stereocenters. The number of carbonyl (C=O) groups is 1. The van der Waals surface area contributed by atoms with Crippen LogP contribution in [0.25, 0.3) is 22.0 Å². The van der Waals surface area contributed by atoms with Crippen LogP contribution in [0.3, 0.4) is 0 Å². The van der Waals surface area contributed by atoms with Crippen molar-refractivity contribution in [2.45, 2.75) is 13.5 Å². The summed E-state index contributed by atoms with van der Waals surface area (Å²) >= 11 is 0. The van der Waals surface area contributed by atoms with Gasteiger partial charge in [-0.3, -0.25) is 4.68 Å². The van der Waals surface area contributed by atoms with Gasteiger partial charge in [-0.2, -0.15) is 5.10 Å². The van der Waals surface area contributed by atoms with E-state index in [0.29, 0.717) is 13.1 Å². The number of amides is 2. The normalized spacial score (nSPS) is 14.3. The Labute approximate surface area is 139 Å². The minimum Gasteiger partial charge on any atom is -0.360 e. The molecule has 24 heavy (non-hydrogen) atoms. The van der Waals surface area contributed by atoms with E-state index in [1.54, 1.807) is 24.2 Å². The summed E-state index contributed by atoms with van der Waals surface area (Å²) < 4.78 is 15.2. The number of hydrogen-bond acceptors (Lipinski definition) is 2. The average molecular weight is 329 g/mol. The highest BCUT2D eigenvalue weighted by atomic mass is 19.1. The molecule has 1 aliphatic rings. The maximum Gasteiger partial charge on any atom is 0.317 e. The summed E-state index contributed by atoms with van der Waals surface area (Å²) in [7, 11) is 1.63. The number of nitrogens with zero attached hydrogens (tertiary/aromatic N) is 3. The van der Waals surface area contributed by atoms with Crippen LogP contribution in [-0.2, 0) is 0 Å². The van der Waals surface area contributed by atoms with Crippen molar-refractivity contribution in [3.63, 3.8) is 0 Å². The highest BCUT2D eigenvalue weighted by molar-refractivity contribution is 5.95. The highest BCUT2D eigenvalue weighted by Crippen LogP contribution is 2.30. The van der Waals surface area contributed by atoms with Crippen molar-refractivity contribution in [3.05, 3.63) is 42.6 Å².